The summed E-state index contributed by atoms with van der Waals surface area (Å²) in [6.45, 7) is 3.00. The van der Waals surface area contributed by atoms with Gasteiger partial charge in [-0.15, -0.1) is 0 Å². The Morgan fingerprint density at radius 3 is 1.32 bits per heavy atom. The van der Waals surface area contributed by atoms with Crippen molar-refractivity contribution >= 4 is 56.3 Å². The lowest BCUT2D eigenvalue weighted by molar-refractivity contribution is -0.117. The fourth-order valence-electron chi connectivity index (χ4n) is 4.27. The molecule has 2 aromatic carbocycles. The molecule has 0 unspecified atom stereocenters. The SMILES string of the molecule is CC(=O)c1sc(NC(=O)CCCCCCCC(=O)Nc2nc(-c3ccccc3)c(C(C)=O)s2)nc1-c1ccccc1. The highest BCUT2D eigenvalue weighted by atomic mass is 32.1. The number of nitrogens with one attached hydrogen (secondary N) is 2. The summed E-state index contributed by atoms with van der Waals surface area (Å²) in [6.07, 6.45) is 4.83. The first kappa shape index (κ1) is 30.0. The largest absolute Gasteiger partial charge is 0.302 e. The maximum absolute atomic E-state index is 12.4. The Morgan fingerprint density at radius 2 is 0.951 bits per heavy atom. The van der Waals surface area contributed by atoms with Crippen molar-refractivity contribution in [3.05, 3.63) is 70.4 Å². The first-order valence-electron chi connectivity index (χ1n) is 13.6. The van der Waals surface area contributed by atoms with Crippen LogP contribution < -0.4 is 10.6 Å². The normalized spacial score (nSPS) is 10.8. The lowest BCUT2D eigenvalue weighted by atomic mass is 10.1. The number of anilines is 2. The van der Waals surface area contributed by atoms with Crippen LogP contribution >= 0.6 is 22.7 Å². The van der Waals surface area contributed by atoms with Crippen LogP contribution in [-0.2, 0) is 9.59 Å². The van der Waals surface area contributed by atoms with Crippen LogP contribution in [0.5, 0.6) is 0 Å². The summed E-state index contributed by atoms with van der Waals surface area (Å²) in [5.74, 6) is -0.424. The molecule has 0 aliphatic rings. The van der Waals surface area contributed by atoms with Gasteiger partial charge >= 0.3 is 0 Å². The Hall–Kier alpha value is -4.02. The number of hydrogen-bond acceptors (Lipinski definition) is 8. The number of aromatic nitrogens is 2. The van der Waals surface area contributed by atoms with Gasteiger partial charge in [0.2, 0.25) is 11.8 Å². The number of nitrogens with zero attached hydrogens (tertiary/aromatic N) is 2. The highest BCUT2D eigenvalue weighted by Gasteiger charge is 2.19. The summed E-state index contributed by atoms with van der Waals surface area (Å²) in [5, 5.41) is 6.51. The fraction of sp³-hybridized carbons (Fsp3) is 0.290. The Morgan fingerprint density at radius 1 is 0.585 bits per heavy atom. The summed E-state index contributed by atoms with van der Waals surface area (Å²) < 4.78 is 0. The third-order valence-corrected chi connectivity index (χ3v) is 8.43. The second-order valence-corrected chi connectivity index (χ2v) is 11.6. The van der Waals surface area contributed by atoms with Gasteiger partial charge in [0.25, 0.3) is 0 Å². The van der Waals surface area contributed by atoms with E-state index in [9.17, 15) is 19.2 Å². The zero-order valence-electron chi connectivity index (χ0n) is 23.1. The summed E-state index contributed by atoms with van der Waals surface area (Å²) in [6, 6.07) is 18.9. The zero-order valence-corrected chi connectivity index (χ0v) is 24.7. The lowest BCUT2D eigenvalue weighted by Gasteiger charge is -2.03. The van der Waals surface area contributed by atoms with Crippen LogP contribution in [-0.4, -0.2) is 33.3 Å². The minimum absolute atomic E-state index is 0.0834. The Balaban J connectivity index is 1.15. The number of carbonyl (C=O) groups excluding carboxylic acids is 4. The average molecular weight is 589 g/mol. The van der Waals surface area contributed by atoms with Gasteiger partial charge in [-0.2, -0.15) is 0 Å². The number of benzene rings is 2. The molecule has 4 rings (SSSR count). The number of ketones is 2. The third-order valence-electron chi connectivity index (χ3n) is 6.29. The average Bonchev–Trinajstić information content (AvgIpc) is 3.58. The number of amides is 2. The van der Waals surface area contributed by atoms with Crippen molar-refractivity contribution in [2.75, 3.05) is 10.6 Å². The first-order valence-corrected chi connectivity index (χ1v) is 15.2. The maximum Gasteiger partial charge on any atom is 0.226 e. The molecule has 8 nitrogen and oxygen atoms in total. The van der Waals surface area contributed by atoms with Gasteiger partial charge in [-0.05, 0) is 12.8 Å². The van der Waals surface area contributed by atoms with Crippen LogP contribution in [0.1, 0.15) is 78.1 Å². The number of unbranched alkanes of at least 4 members (excludes halogenated alkanes) is 4. The number of thiazole rings is 2. The van der Waals surface area contributed by atoms with Crippen molar-refractivity contribution in [3.63, 3.8) is 0 Å². The molecule has 4 aromatic rings. The van der Waals surface area contributed by atoms with E-state index < -0.39 is 0 Å². The third kappa shape index (κ3) is 8.48. The molecule has 0 spiro atoms. The van der Waals surface area contributed by atoms with E-state index in [-0.39, 0.29) is 23.4 Å². The predicted octanol–water partition coefficient (Wildman–Crippen LogP) is 7.65. The van der Waals surface area contributed by atoms with Gasteiger partial charge in [0.1, 0.15) is 0 Å². The number of Topliss-reactive ketones (excluding diaryl/α,β-unsaturated/α-hetero) is 2. The fourth-order valence-corrected chi connectivity index (χ4v) is 6.07. The Kier molecular flexibility index (Phi) is 10.6. The van der Waals surface area contributed by atoms with Crippen molar-refractivity contribution in [1.29, 1.82) is 0 Å². The summed E-state index contributed by atoms with van der Waals surface area (Å²) >= 11 is 2.39. The molecule has 0 fully saturated rings. The highest BCUT2D eigenvalue weighted by Crippen LogP contribution is 2.33. The van der Waals surface area contributed by atoms with Crippen molar-refractivity contribution in [1.82, 2.24) is 9.97 Å². The van der Waals surface area contributed by atoms with Gasteiger partial charge in [-0.3, -0.25) is 19.2 Å². The van der Waals surface area contributed by atoms with E-state index in [0.717, 1.165) is 43.2 Å². The topological polar surface area (TPSA) is 118 Å². The van der Waals surface area contributed by atoms with E-state index in [4.69, 9.17) is 0 Å². The molecule has 0 bridgehead atoms. The molecule has 0 atom stereocenters. The molecule has 2 aromatic heterocycles. The van der Waals surface area contributed by atoms with Crippen molar-refractivity contribution in [2.45, 2.75) is 58.8 Å². The molecule has 0 saturated carbocycles. The standard InChI is InChI=1S/C31H32N4O4S2/c1-20(36)28-26(22-14-8-6-9-15-22)34-30(40-28)32-24(38)18-12-4-3-5-13-19-25(39)33-31-35-27(29(41-31)21(2)37)23-16-10-7-11-17-23/h6-11,14-17H,3-5,12-13,18-19H2,1-2H3,(H,32,34,38)(H,33,35,39). The van der Waals surface area contributed by atoms with E-state index in [1.807, 2.05) is 60.7 Å². The number of rotatable bonds is 14. The van der Waals surface area contributed by atoms with Crippen LogP contribution in [0.3, 0.4) is 0 Å². The summed E-state index contributed by atoms with van der Waals surface area (Å²) in [7, 11) is 0. The van der Waals surface area contributed by atoms with Crippen LogP contribution in [0.25, 0.3) is 22.5 Å². The molecule has 2 heterocycles. The minimum atomic E-state index is -0.129. The molecule has 0 aliphatic carbocycles. The quantitative estimate of drug-likeness (QED) is 0.115. The molecular formula is C31H32N4O4S2. The maximum atomic E-state index is 12.4. The van der Waals surface area contributed by atoms with Crippen molar-refractivity contribution < 1.29 is 19.2 Å². The molecule has 0 aliphatic heterocycles. The minimum Gasteiger partial charge on any atom is -0.302 e. The molecular weight excluding hydrogens is 556 g/mol. The van der Waals surface area contributed by atoms with E-state index >= 15 is 0 Å². The van der Waals surface area contributed by atoms with Crippen molar-refractivity contribution in [3.8, 4) is 22.5 Å². The first-order chi connectivity index (χ1) is 19.8. The Labute approximate surface area is 247 Å². The molecule has 2 amide bonds. The van der Waals surface area contributed by atoms with Crippen LogP contribution in [0, 0.1) is 0 Å². The Bertz CT molecular complexity index is 1400. The number of hydrogen-bond donors (Lipinski definition) is 2. The molecule has 41 heavy (non-hydrogen) atoms. The smallest absolute Gasteiger partial charge is 0.226 e. The molecule has 212 valence electrons. The monoisotopic (exact) mass is 588 g/mol. The van der Waals surface area contributed by atoms with Gasteiger partial charge < -0.3 is 10.6 Å². The van der Waals surface area contributed by atoms with E-state index in [1.54, 1.807) is 0 Å². The molecule has 10 heteroatoms. The van der Waals surface area contributed by atoms with Gasteiger partial charge in [-0.25, -0.2) is 9.97 Å². The van der Waals surface area contributed by atoms with Gasteiger partial charge in [0.05, 0.1) is 21.1 Å². The summed E-state index contributed by atoms with van der Waals surface area (Å²) in [4.78, 5) is 59.1. The zero-order chi connectivity index (χ0) is 29.2. The van der Waals surface area contributed by atoms with Gasteiger partial charge in [0, 0.05) is 37.8 Å². The molecule has 2 N–H and O–H groups in total. The van der Waals surface area contributed by atoms with E-state index in [0.29, 0.717) is 44.2 Å². The van der Waals surface area contributed by atoms with Crippen LogP contribution in [0.15, 0.2) is 60.7 Å². The van der Waals surface area contributed by atoms with E-state index in [1.165, 1.54) is 36.5 Å². The van der Waals surface area contributed by atoms with Crippen molar-refractivity contribution in [2.24, 2.45) is 0 Å². The molecule has 0 radical (unpaired) electrons. The van der Waals surface area contributed by atoms with E-state index in [2.05, 4.69) is 20.6 Å². The van der Waals surface area contributed by atoms with Gasteiger partial charge in [-0.1, -0.05) is 103 Å². The number of carbonyl (C=O) groups is 4. The predicted molar refractivity (Wildman–Crippen MR) is 165 cm³/mol. The van der Waals surface area contributed by atoms with Gasteiger partial charge in [0.15, 0.2) is 21.8 Å². The van der Waals surface area contributed by atoms with Crippen LogP contribution in [0.4, 0.5) is 10.3 Å². The highest BCUT2D eigenvalue weighted by molar-refractivity contribution is 7.18. The lowest BCUT2D eigenvalue weighted by Crippen LogP contribution is -2.11. The summed E-state index contributed by atoms with van der Waals surface area (Å²) in [5.41, 5.74) is 2.86. The molecule has 0 saturated heterocycles. The van der Waals surface area contributed by atoms with Crippen LogP contribution in [0.2, 0.25) is 0 Å². The second-order valence-electron chi connectivity index (χ2n) is 9.60. The second kappa shape index (κ2) is 14.6.